The first kappa shape index (κ1) is 29.6. The van der Waals surface area contributed by atoms with Gasteiger partial charge in [-0.15, -0.1) is 0 Å². The Morgan fingerprint density at radius 2 is 1.61 bits per heavy atom. The Kier molecular flexibility index (Phi) is 12.6. The van der Waals surface area contributed by atoms with Crippen molar-refractivity contribution in [2.75, 3.05) is 25.5 Å². The van der Waals surface area contributed by atoms with Gasteiger partial charge in [0.1, 0.15) is 6.10 Å². The van der Waals surface area contributed by atoms with Crippen LogP contribution in [-0.2, 0) is 25.0 Å². The van der Waals surface area contributed by atoms with E-state index in [2.05, 4.69) is 39.9 Å². The van der Waals surface area contributed by atoms with Gasteiger partial charge in [-0.2, -0.15) is 0 Å². The van der Waals surface area contributed by atoms with Gasteiger partial charge in [0, 0.05) is 36.5 Å². The Morgan fingerprint density at radius 3 is 2.12 bits per heavy atom. The second kappa shape index (κ2) is 14.1. The molecule has 1 aromatic rings. The molecule has 0 spiro atoms. The van der Waals surface area contributed by atoms with E-state index in [1.54, 1.807) is 0 Å². The molecule has 0 aliphatic rings. The average Bonchev–Trinajstić information content (AvgIpc) is 2.73. The van der Waals surface area contributed by atoms with Crippen molar-refractivity contribution >= 4 is 16.9 Å². The van der Waals surface area contributed by atoms with Gasteiger partial charge in [-0.1, -0.05) is 58.7 Å². The number of rotatable bonds is 15. The van der Waals surface area contributed by atoms with Crippen LogP contribution in [0.15, 0.2) is 29.2 Å². The molecule has 2 unspecified atom stereocenters. The third-order valence-electron chi connectivity index (χ3n) is 5.95. The molecule has 1 aromatic carbocycles. The number of ether oxygens (including phenoxy) is 3. The highest BCUT2D eigenvalue weighted by Gasteiger charge is 2.38. The molecule has 0 heterocycles. The molecule has 190 valence electrons. The number of hydrogen-bond acceptors (Lipinski definition) is 5. The van der Waals surface area contributed by atoms with Crippen LogP contribution in [0.4, 0.5) is 4.79 Å². The molecule has 0 fully saturated rings. The van der Waals surface area contributed by atoms with Crippen LogP contribution in [0, 0.1) is 17.8 Å². The van der Waals surface area contributed by atoms with Crippen molar-refractivity contribution in [2.24, 2.45) is 10.8 Å². The van der Waals surface area contributed by atoms with Gasteiger partial charge >= 0.3 is 6.09 Å². The van der Waals surface area contributed by atoms with E-state index in [1.807, 2.05) is 45.0 Å². The molecule has 0 saturated carbocycles. The fourth-order valence-corrected chi connectivity index (χ4v) is 5.29. The van der Waals surface area contributed by atoms with Crippen molar-refractivity contribution in [3.05, 3.63) is 29.8 Å². The minimum absolute atomic E-state index is 0.0785. The molecule has 1 N–H and O–H groups in total. The van der Waals surface area contributed by atoms with Gasteiger partial charge in [0.2, 0.25) is 0 Å². The number of carbonyl (C=O) groups excluding carboxylic acids is 1. The van der Waals surface area contributed by atoms with Crippen LogP contribution in [0.2, 0.25) is 0 Å². The fraction of sp³-hybridized carbons (Fsp3) is 0.731. The van der Waals surface area contributed by atoms with E-state index in [-0.39, 0.29) is 22.9 Å². The number of hydrogen-bond donors (Lipinski definition) is 1. The van der Waals surface area contributed by atoms with Crippen molar-refractivity contribution in [2.45, 2.75) is 91.9 Å². The van der Waals surface area contributed by atoms with Crippen molar-refractivity contribution in [3.63, 3.8) is 0 Å². The maximum absolute atomic E-state index is 13.1. The molecule has 1 rings (SSSR count). The number of alkyl carbamates (subject to hydrolysis) is 1. The highest BCUT2D eigenvalue weighted by atomic mass is 32.2. The van der Waals surface area contributed by atoms with Crippen LogP contribution in [0.5, 0.6) is 0 Å². The van der Waals surface area contributed by atoms with Crippen LogP contribution >= 0.6 is 0 Å². The molecule has 0 aliphatic heterocycles. The van der Waals surface area contributed by atoms with Crippen molar-refractivity contribution in [3.8, 4) is 0 Å². The third-order valence-corrected chi connectivity index (χ3v) is 7.36. The summed E-state index contributed by atoms with van der Waals surface area (Å²) in [6, 6.07) is 7.67. The summed E-state index contributed by atoms with van der Waals surface area (Å²) in [6.07, 6.45) is 1.02. The van der Waals surface area contributed by atoms with Crippen LogP contribution in [0.25, 0.3) is 0 Å². The predicted molar refractivity (Wildman–Crippen MR) is 135 cm³/mol. The van der Waals surface area contributed by atoms with Crippen LogP contribution < -0.4 is 5.32 Å². The largest absolute Gasteiger partial charge is 0.445 e. The van der Waals surface area contributed by atoms with E-state index in [1.165, 1.54) is 0 Å². The molecule has 1 amide bonds. The molecule has 0 saturated heterocycles. The lowest BCUT2D eigenvalue weighted by Gasteiger charge is -2.39. The quantitative estimate of drug-likeness (QED) is 0.317. The summed E-state index contributed by atoms with van der Waals surface area (Å²) in [5.41, 5.74) is 0.844. The Bertz CT molecular complexity index is 727. The van der Waals surface area contributed by atoms with Crippen molar-refractivity contribution < 1.29 is 23.2 Å². The molecule has 0 aromatic heterocycles. The van der Waals surface area contributed by atoms with E-state index >= 15 is 0 Å². The van der Waals surface area contributed by atoms with Gasteiger partial charge in [0.05, 0.1) is 16.6 Å². The smallest absolute Gasteiger partial charge is 0.407 e. The Balaban J connectivity index is 2.89. The zero-order valence-electron chi connectivity index (χ0n) is 21.9. The highest BCUT2D eigenvalue weighted by molar-refractivity contribution is 7.85. The lowest BCUT2D eigenvalue weighted by atomic mass is 9.71. The zero-order valence-corrected chi connectivity index (χ0v) is 22.7. The molecule has 2 atom stereocenters. The van der Waals surface area contributed by atoms with Crippen LogP contribution in [0.1, 0.15) is 73.3 Å². The van der Waals surface area contributed by atoms with Gasteiger partial charge in [0.25, 0.3) is 0 Å². The fourth-order valence-electron chi connectivity index (χ4n) is 3.86. The second-order valence-corrected chi connectivity index (χ2v) is 11.5. The minimum Gasteiger partial charge on any atom is -0.445 e. The van der Waals surface area contributed by atoms with E-state index in [0.29, 0.717) is 26.2 Å². The molecular formula is C26H45NO5S. The standard InChI is InChI=1S/C26H45NO5S/c1-9-25(5,6)19-26(7,8)22(18-33(29)21-14-12-20(4)13-15-21)32-24(28)27-17-16-23(30-10-2)31-11-3/h12-15,22-23H,9-11,16-19H2,1-8H3,(H,27,28). The molecule has 6 nitrogen and oxygen atoms in total. The summed E-state index contributed by atoms with van der Waals surface area (Å²) >= 11 is 0. The molecule has 0 radical (unpaired) electrons. The third kappa shape index (κ3) is 11.0. The average molecular weight is 484 g/mol. The van der Waals surface area contributed by atoms with E-state index in [0.717, 1.165) is 23.3 Å². The number of nitrogens with one attached hydrogen (secondary N) is 1. The van der Waals surface area contributed by atoms with Gasteiger partial charge in [0.15, 0.2) is 6.29 Å². The number of benzene rings is 1. The van der Waals surface area contributed by atoms with E-state index in [4.69, 9.17) is 14.2 Å². The molecule has 7 heteroatoms. The lowest BCUT2D eigenvalue weighted by molar-refractivity contribution is -0.138. The summed E-state index contributed by atoms with van der Waals surface area (Å²) in [4.78, 5) is 13.4. The van der Waals surface area contributed by atoms with Crippen molar-refractivity contribution in [1.82, 2.24) is 5.32 Å². The maximum Gasteiger partial charge on any atom is 0.407 e. The summed E-state index contributed by atoms with van der Waals surface area (Å²) in [5.74, 6) is 0.254. The molecule has 0 aliphatic carbocycles. The lowest BCUT2D eigenvalue weighted by Crippen LogP contribution is -2.43. The molecule has 33 heavy (non-hydrogen) atoms. The summed E-state index contributed by atoms with van der Waals surface area (Å²) in [5, 5.41) is 2.81. The first-order valence-electron chi connectivity index (χ1n) is 12.1. The van der Waals surface area contributed by atoms with Gasteiger partial charge < -0.3 is 19.5 Å². The summed E-state index contributed by atoms with van der Waals surface area (Å²) in [6.45, 7) is 18.1. The first-order valence-corrected chi connectivity index (χ1v) is 13.4. The number of amides is 1. The van der Waals surface area contributed by atoms with Gasteiger partial charge in [-0.25, -0.2) is 4.79 Å². The van der Waals surface area contributed by atoms with E-state index in [9.17, 15) is 9.00 Å². The second-order valence-electron chi connectivity index (χ2n) is 9.96. The van der Waals surface area contributed by atoms with Crippen LogP contribution in [0.3, 0.4) is 0 Å². The Hall–Kier alpha value is -1.44. The maximum atomic E-state index is 13.1. The SMILES string of the molecule is CCOC(CCNC(=O)OC(CS(=O)c1ccc(C)cc1)C(C)(C)CC(C)(C)CC)OCC. The first-order chi connectivity index (χ1) is 15.4. The number of carbonyl (C=O) groups is 1. The zero-order chi connectivity index (χ0) is 25.1. The summed E-state index contributed by atoms with van der Waals surface area (Å²) in [7, 11) is -1.28. The Morgan fingerprint density at radius 1 is 1.03 bits per heavy atom. The van der Waals surface area contributed by atoms with Crippen molar-refractivity contribution in [1.29, 1.82) is 0 Å². The molecular weight excluding hydrogens is 438 g/mol. The number of aryl methyl sites for hydroxylation is 1. The summed E-state index contributed by atoms with van der Waals surface area (Å²) < 4.78 is 30.1. The van der Waals surface area contributed by atoms with Gasteiger partial charge in [-0.05, 0) is 44.7 Å². The highest BCUT2D eigenvalue weighted by Crippen LogP contribution is 2.40. The Labute approximate surface area is 203 Å². The minimum atomic E-state index is -1.28. The monoisotopic (exact) mass is 483 g/mol. The molecule has 0 bridgehead atoms. The van der Waals surface area contributed by atoms with Gasteiger partial charge in [-0.3, -0.25) is 4.21 Å². The van der Waals surface area contributed by atoms with E-state index < -0.39 is 23.0 Å². The topological polar surface area (TPSA) is 73.9 Å². The predicted octanol–water partition coefficient (Wildman–Crippen LogP) is 5.84. The van der Waals surface area contributed by atoms with Crippen LogP contribution in [-0.4, -0.2) is 48.2 Å². The normalized spacial score (nSPS) is 14.2.